The molecule has 0 unspecified atom stereocenters. The van der Waals surface area contributed by atoms with E-state index in [2.05, 4.69) is 38.7 Å². The first-order valence-electron chi connectivity index (χ1n) is 6.88. The van der Waals surface area contributed by atoms with Crippen LogP contribution in [0.5, 0.6) is 0 Å². The molecule has 0 atom stereocenters. The summed E-state index contributed by atoms with van der Waals surface area (Å²) in [5.74, 6) is 0.179. The largest absolute Gasteiger partial charge is 0.354 e. The molecule has 1 aromatic rings. The summed E-state index contributed by atoms with van der Waals surface area (Å²) in [7, 11) is 1.89. The summed E-state index contributed by atoms with van der Waals surface area (Å²) in [6.07, 6.45) is 4.17. The van der Waals surface area contributed by atoms with Crippen LogP contribution in [0.4, 0.5) is 0 Å². The van der Waals surface area contributed by atoms with E-state index in [0.29, 0.717) is 6.54 Å². The van der Waals surface area contributed by atoms with Gasteiger partial charge in [0.05, 0.1) is 5.41 Å². The number of likely N-dealkylation sites (N-methyl/N-ethyl adjacent to an activating group) is 1. The van der Waals surface area contributed by atoms with Crippen LogP contribution < -0.4 is 10.6 Å². The van der Waals surface area contributed by atoms with Crippen molar-refractivity contribution in [1.82, 2.24) is 10.6 Å². The van der Waals surface area contributed by atoms with Crippen molar-refractivity contribution in [2.75, 3.05) is 20.1 Å². The normalized spacial score (nSPS) is 16.5. The van der Waals surface area contributed by atoms with E-state index in [1.807, 2.05) is 19.2 Å². The molecule has 0 bridgehead atoms. The first kappa shape index (κ1) is 17.5. The van der Waals surface area contributed by atoms with E-state index in [1.54, 1.807) is 0 Å². The Bertz CT molecular complexity index is 447. The van der Waals surface area contributed by atoms with Crippen molar-refractivity contribution in [3.63, 3.8) is 0 Å². The van der Waals surface area contributed by atoms with E-state index < -0.39 is 0 Å². The SMILES string of the molecule is CNCCNC(=O)C1(c2cccc(Br)c2)CCCC1.Cl. The lowest BCUT2D eigenvalue weighted by molar-refractivity contribution is -0.126. The van der Waals surface area contributed by atoms with Gasteiger partial charge in [-0.05, 0) is 37.6 Å². The van der Waals surface area contributed by atoms with Gasteiger partial charge in [-0.15, -0.1) is 12.4 Å². The van der Waals surface area contributed by atoms with Gasteiger partial charge in [-0.25, -0.2) is 0 Å². The smallest absolute Gasteiger partial charge is 0.230 e. The number of nitrogens with one attached hydrogen (secondary N) is 2. The van der Waals surface area contributed by atoms with E-state index in [1.165, 1.54) is 0 Å². The molecule has 20 heavy (non-hydrogen) atoms. The highest BCUT2D eigenvalue weighted by atomic mass is 79.9. The molecule has 1 aromatic carbocycles. The van der Waals surface area contributed by atoms with Gasteiger partial charge in [0.15, 0.2) is 0 Å². The number of hydrogen-bond donors (Lipinski definition) is 2. The first-order chi connectivity index (χ1) is 9.19. The fourth-order valence-corrected chi connectivity index (χ4v) is 3.28. The lowest BCUT2D eigenvalue weighted by atomic mass is 9.78. The number of carbonyl (C=O) groups excluding carboxylic acids is 1. The molecule has 112 valence electrons. The summed E-state index contributed by atoms with van der Waals surface area (Å²) in [5.41, 5.74) is 0.818. The minimum absolute atomic E-state index is 0. The first-order valence-corrected chi connectivity index (χ1v) is 7.67. The maximum absolute atomic E-state index is 12.6. The highest BCUT2D eigenvalue weighted by molar-refractivity contribution is 9.10. The molecule has 1 fully saturated rings. The van der Waals surface area contributed by atoms with E-state index in [9.17, 15) is 4.79 Å². The molecule has 0 saturated heterocycles. The lowest BCUT2D eigenvalue weighted by Crippen LogP contribution is -2.44. The molecule has 0 heterocycles. The Kier molecular flexibility index (Phi) is 7.00. The lowest BCUT2D eigenvalue weighted by Gasteiger charge is -2.28. The maximum atomic E-state index is 12.6. The third-order valence-electron chi connectivity index (χ3n) is 3.93. The molecule has 1 saturated carbocycles. The van der Waals surface area contributed by atoms with Crippen LogP contribution >= 0.6 is 28.3 Å². The van der Waals surface area contributed by atoms with Crippen LogP contribution in [-0.2, 0) is 10.2 Å². The van der Waals surface area contributed by atoms with Crippen molar-refractivity contribution >= 4 is 34.2 Å². The topological polar surface area (TPSA) is 41.1 Å². The molecule has 0 radical (unpaired) electrons. The standard InChI is InChI=1S/C15H21BrN2O.ClH/c1-17-9-10-18-14(19)15(7-2-3-8-15)12-5-4-6-13(16)11-12;/h4-6,11,17H,2-3,7-10H2,1H3,(H,18,19);1H. The van der Waals surface area contributed by atoms with E-state index >= 15 is 0 Å². The molecule has 1 amide bonds. The third kappa shape index (κ3) is 3.74. The summed E-state index contributed by atoms with van der Waals surface area (Å²) in [6.45, 7) is 1.49. The predicted molar refractivity (Wildman–Crippen MR) is 88.5 cm³/mol. The number of carbonyl (C=O) groups is 1. The number of hydrogen-bond acceptors (Lipinski definition) is 2. The number of rotatable bonds is 5. The van der Waals surface area contributed by atoms with Crippen LogP contribution in [0.3, 0.4) is 0 Å². The molecule has 0 aromatic heterocycles. The summed E-state index contributed by atoms with van der Waals surface area (Å²) >= 11 is 3.50. The predicted octanol–water partition coefficient (Wildman–Crippen LogP) is 3.02. The van der Waals surface area contributed by atoms with Gasteiger partial charge in [0.2, 0.25) is 5.91 Å². The zero-order chi connectivity index (χ0) is 13.7. The second kappa shape index (κ2) is 8.01. The van der Waals surface area contributed by atoms with Crippen LogP contribution in [-0.4, -0.2) is 26.0 Å². The van der Waals surface area contributed by atoms with Gasteiger partial charge >= 0.3 is 0 Å². The summed E-state index contributed by atoms with van der Waals surface area (Å²) in [6, 6.07) is 8.18. The van der Waals surface area contributed by atoms with Crippen LogP contribution in [0.25, 0.3) is 0 Å². The molecule has 0 spiro atoms. The van der Waals surface area contributed by atoms with Gasteiger partial charge in [0.1, 0.15) is 0 Å². The highest BCUT2D eigenvalue weighted by Crippen LogP contribution is 2.41. The Labute approximate surface area is 135 Å². The Morgan fingerprint density at radius 3 is 2.60 bits per heavy atom. The van der Waals surface area contributed by atoms with E-state index in [0.717, 1.165) is 42.3 Å². The monoisotopic (exact) mass is 360 g/mol. The molecular formula is C15H22BrClN2O. The Balaban J connectivity index is 0.00000200. The Hall–Kier alpha value is -0.580. The van der Waals surface area contributed by atoms with Gasteiger partial charge < -0.3 is 10.6 Å². The van der Waals surface area contributed by atoms with Gasteiger partial charge in [0, 0.05) is 17.6 Å². The van der Waals surface area contributed by atoms with Gasteiger partial charge in [-0.3, -0.25) is 4.79 Å². The number of amides is 1. The van der Waals surface area contributed by atoms with Gasteiger partial charge in [-0.1, -0.05) is 40.9 Å². The molecule has 5 heteroatoms. The summed E-state index contributed by atoms with van der Waals surface area (Å²) < 4.78 is 1.04. The molecular weight excluding hydrogens is 340 g/mol. The average molecular weight is 362 g/mol. The minimum atomic E-state index is -0.322. The number of halogens is 2. The second-order valence-corrected chi connectivity index (χ2v) is 6.07. The van der Waals surface area contributed by atoms with Crippen LogP contribution in [0.2, 0.25) is 0 Å². The van der Waals surface area contributed by atoms with Crippen molar-refractivity contribution in [2.45, 2.75) is 31.1 Å². The maximum Gasteiger partial charge on any atom is 0.230 e. The zero-order valence-corrected chi connectivity index (χ0v) is 14.1. The third-order valence-corrected chi connectivity index (χ3v) is 4.42. The fraction of sp³-hybridized carbons (Fsp3) is 0.533. The Morgan fingerprint density at radius 1 is 1.30 bits per heavy atom. The Morgan fingerprint density at radius 2 is 2.00 bits per heavy atom. The molecule has 1 aliphatic carbocycles. The van der Waals surface area contributed by atoms with Gasteiger partial charge in [-0.2, -0.15) is 0 Å². The van der Waals surface area contributed by atoms with Gasteiger partial charge in [0.25, 0.3) is 0 Å². The van der Waals surface area contributed by atoms with Crippen molar-refractivity contribution in [3.8, 4) is 0 Å². The molecule has 0 aliphatic heterocycles. The van der Waals surface area contributed by atoms with Crippen molar-refractivity contribution in [3.05, 3.63) is 34.3 Å². The quantitative estimate of drug-likeness (QED) is 0.792. The summed E-state index contributed by atoms with van der Waals surface area (Å²) in [4.78, 5) is 12.6. The molecule has 2 N–H and O–H groups in total. The van der Waals surface area contributed by atoms with Crippen LogP contribution in [0.15, 0.2) is 28.7 Å². The number of benzene rings is 1. The van der Waals surface area contributed by atoms with E-state index in [-0.39, 0.29) is 23.7 Å². The van der Waals surface area contributed by atoms with Crippen molar-refractivity contribution < 1.29 is 4.79 Å². The van der Waals surface area contributed by atoms with Crippen molar-refractivity contribution in [1.29, 1.82) is 0 Å². The molecule has 2 rings (SSSR count). The zero-order valence-electron chi connectivity index (χ0n) is 11.7. The second-order valence-electron chi connectivity index (χ2n) is 5.16. The van der Waals surface area contributed by atoms with Crippen molar-refractivity contribution in [2.24, 2.45) is 0 Å². The van der Waals surface area contributed by atoms with E-state index in [4.69, 9.17) is 0 Å². The average Bonchev–Trinajstić information content (AvgIpc) is 2.89. The molecule has 1 aliphatic rings. The highest BCUT2D eigenvalue weighted by Gasteiger charge is 2.42. The minimum Gasteiger partial charge on any atom is -0.354 e. The molecule has 3 nitrogen and oxygen atoms in total. The fourth-order valence-electron chi connectivity index (χ4n) is 2.88. The van der Waals surface area contributed by atoms with Crippen LogP contribution in [0.1, 0.15) is 31.2 Å². The summed E-state index contributed by atoms with van der Waals surface area (Å²) in [5, 5.41) is 6.12. The van der Waals surface area contributed by atoms with Crippen LogP contribution in [0, 0.1) is 0 Å².